The summed E-state index contributed by atoms with van der Waals surface area (Å²) in [6, 6.07) is 10.4. The fraction of sp³-hybridized carbons (Fsp3) is 0.538. The van der Waals surface area contributed by atoms with Crippen LogP contribution in [0.3, 0.4) is 0 Å². The Morgan fingerprint density at radius 2 is 1.75 bits per heavy atom. The molecular weight excluding hydrogens is 202 g/mol. The van der Waals surface area contributed by atoms with Crippen molar-refractivity contribution in [2.75, 3.05) is 26.3 Å². The Hall–Kier alpha value is -0.900. The highest BCUT2D eigenvalue weighted by atomic mass is 16.3. The number of benzene rings is 1. The first-order valence-corrected chi connectivity index (χ1v) is 5.71. The molecule has 0 aliphatic carbocycles. The first kappa shape index (κ1) is 11.6. The zero-order chi connectivity index (χ0) is 11.6. The van der Waals surface area contributed by atoms with Crippen molar-refractivity contribution in [3.8, 4) is 0 Å². The molecule has 2 rings (SSSR count). The van der Waals surface area contributed by atoms with Gasteiger partial charge in [-0.25, -0.2) is 0 Å². The summed E-state index contributed by atoms with van der Waals surface area (Å²) in [7, 11) is 0. The van der Waals surface area contributed by atoms with E-state index in [1.807, 2.05) is 13.0 Å². The normalized spacial score (nSPS) is 18.4. The Labute approximate surface area is 96.3 Å². The average molecular weight is 221 g/mol. The molecule has 0 bridgehead atoms. The van der Waals surface area contributed by atoms with Gasteiger partial charge in [-0.3, -0.25) is 4.90 Å². The molecular formula is C13H19NO2. The lowest BCUT2D eigenvalue weighted by Crippen LogP contribution is -2.61. The highest BCUT2D eigenvalue weighted by molar-refractivity contribution is 5.23. The monoisotopic (exact) mass is 221 g/mol. The molecule has 1 aromatic carbocycles. The molecule has 1 aliphatic rings. The van der Waals surface area contributed by atoms with E-state index in [-0.39, 0.29) is 13.2 Å². The lowest BCUT2D eigenvalue weighted by atomic mass is 9.86. The highest BCUT2D eigenvalue weighted by Gasteiger charge is 2.39. The van der Waals surface area contributed by atoms with Crippen molar-refractivity contribution in [1.29, 1.82) is 0 Å². The Bertz CT molecular complexity index is 329. The van der Waals surface area contributed by atoms with E-state index >= 15 is 0 Å². The van der Waals surface area contributed by atoms with Gasteiger partial charge in [-0.15, -0.1) is 0 Å². The van der Waals surface area contributed by atoms with Crippen molar-refractivity contribution in [3.63, 3.8) is 0 Å². The smallest absolute Gasteiger partial charge is 0.0644 e. The van der Waals surface area contributed by atoms with Crippen LogP contribution in [0.25, 0.3) is 0 Å². The molecule has 16 heavy (non-hydrogen) atoms. The van der Waals surface area contributed by atoms with Gasteiger partial charge in [0.1, 0.15) is 0 Å². The number of rotatable bonds is 4. The van der Waals surface area contributed by atoms with E-state index in [0.29, 0.717) is 5.92 Å². The lowest BCUT2D eigenvalue weighted by molar-refractivity contribution is -0.0455. The predicted molar refractivity (Wildman–Crippen MR) is 63.3 cm³/mol. The molecule has 1 aromatic rings. The van der Waals surface area contributed by atoms with Gasteiger partial charge in [0.25, 0.3) is 0 Å². The first-order chi connectivity index (χ1) is 7.69. The number of likely N-dealkylation sites (tertiary alicyclic amines) is 1. The second kappa shape index (κ2) is 4.53. The number of hydrogen-bond donors (Lipinski definition) is 2. The molecule has 0 spiro atoms. The fourth-order valence-electron chi connectivity index (χ4n) is 2.11. The summed E-state index contributed by atoms with van der Waals surface area (Å²) >= 11 is 0. The average Bonchev–Trinajstić information content (AvgIpc) is 2.28. The lowest BCUT2D eigenvalue weighted by Gasteiger charge is -2.49. The van der Waals surface area contributed by atoms with Crippen LogP contribution in [0.2, 0.25) is 0 Å². The molecule has 88 valence electrons. The molecule has 0 aromatic heterocycles. The Morgan fingerprint density at radius 1 is 1.19 bits per heavy atom. The summed E-state index contributed by atoms with van der Waals surface area (Å²) in [6.45, 7) is 3.74. The van der Waals surface area contributed by atoms with Crippen LogP contribution >= 0.6 is 0 Å². The van der Waals surface area contributed by atoms with E-state index in [9.17, 15) is 10.2 Å². The van der Waals surface area contributed by atoms with Crippen LogP contribution < -0.4 is 0 Å². The van der Waals surface area contributed by atoms with Gasteiger partial charge in [0.05, 0.1) is 18.8 Å². The van der Waals surface area contributed by atoms with Crippen LogP contribution in [-0.2, 0) is 0 Å². The van der Waals surface area contributed by atoms with Gasteiger partial charge in [-0.2, -0.15) is 0 Å². The number of aliphatic hydroxyl groups is 2. The first-order valence-electron chi connectivity index (χ1n) is 5.71. The summed E-state index contributed by atoms with van der Waals surface area (Å²) in [4.78, 5) is 2.14. The number of aliphatic hydroxyl groups excluding tert-OH is 2. The van der Waals surface area contributed by atoms with Gasteiger partial charge >= 0.3 is 0 Å². The molecule has 0 unspecified atom stereocenters. The predicted octanol–water partition coefficient (Wildman–Crippen LogP) is 0.829. The SMILES string of the molecule is CC(CO)(CO)N1CC(c2ccccc2)C1. The molecule has 0 radical (unpaired) electrons. The van der Waals surface area contributed by atoms with E-state index in [0.717, 1.165) is 13.1 Å². The minimum atomic E-state index is -0.467. The van der Waals surface area contributed by atoms with Crippen molar-refractivity contribution < 1.29 is 10.2 Å². The molecule has 1 fully saturated rings. The fourth-order valence-corrected chi connectivity index (χ4v) is 2.11. The summed E-state index contributed by atoms with van der Waals surface area (Å²) < 4.78 is 0. The zero-order valence-corrected chi connectivity index (χ0v) is 9.63. The van der Waals surface area contributed by atoms with E-state index in [1.54, 1.807) is 0 Å². The minimum Gasteiger partial charge on any atom is -0.394 e. The van der Waals surface area contributed by atoms with E-state index < -0.39 is 5.54 Å². The molecule has 1 saturated heterocycles. The summed E-state index contributed by atoms with van der Waals surface area (Å²) in [5.41, 5.74) is 0.877. The number of hydrogen-bond acceptors (Lipinski definition) is 3. The largest absolute Gasteiger partial charge is 0.394 e. The van der Waals surface area contributed by atoms with Crippen LogP contribution in [0.1, 0.15) is 18.4 Å². The van der Waals surface area contributed by atoms with Crippen molar-refractivity contribution in [2.24, 2.45) is 0 Å². The molecule has 2 N–H and O–H groups in total. The molecule has 1 heterocycles. The third-order valence-electron chi connectivity index (χ3n) is 3.60. The van der Waals surface area contributed by atoms with Crippen molar-refractivity contribution in [1.82, 2.24) is 4.90 Å². The summed E-state index contributed by atoms with van der Waals surface area (Å²) in [6.07, 6.45) is 0. The van der Waals surface area contributed by atoms with E-state index in [4.69, 9.17) is 0 Å². The van der Waals surface area contributed by atoms with Gasteiger partial charge in [0.15, 0.2) is 0 Å². The number of nitrogens with zero attached hydrogens (tertiary/aromatic N) is 1. The Morgan fingerprint density at radius 3 is 2.25 bits per heavy atom. The van der Waals surface area contributed by atoms with Crippen LogP contribution in [-0.4, -0.2) is 47.0 Å². The van der Waals surface area contributed by atoms with Crippen LogP contribution in [0, 0.1) is 0 Å². The third kappa shape index (κ3) is 1.98. The van der Waals surface area contributed by atoms with Crippen molar-refractivity contribution in [3.05, 3.63) is 35.9 Å². The van der Waals surface area contributed by atoms with Gasteiger partial charge in [-0.1, -0.05) is 30.3 Å². The quantitative estimate of drug-likeness (QED) is 0.791. The third-order valence-corrected chi connectivity index (χ3v) is 3.60. The summed E-state index contributed by atoms with van der Waals surface area (Å²) in [5, 5.41) is 18.6. The molecule has 0 atom stereocenters. The topological polar surface area (TPSA) is 43.7 Å². The summed E-state index contributed by atoms with van der Waals surface area (Å²) in [5.74, 6) is 0.540. The van der Waals surface area contributed by atoms with Gasteiger partial charge in [0, 0.05) is 19.0 Å². The van der Waals surface area contributed by atoms with E-state index in [2.05, 4.69) is 29.2 Å². The maximum atomic E-state index is 9.28. The highest BCUT2D eigenvalue weighted by Crippen LogP contribution is 2.32. The Kier molecular flexibility index (Phi) is 3.28. The van der Waals surface area contributed by atoms with Gasteiger partial charge in [0.2, 0.25) is 0 Å². The molecule has 3 heteroatoms. The molecule has 3 nitrogen and oxygen atoms in total. The molecule has 1 aliphatic heterocycles. The maximum Gasteiger partial charge on any atom is 0.0644 e. The zero-order valence-electron chi connectivity index (χ0n) is 9.63. The second-order valence-electron chi connectivity index (χ2n) is 4.83. The molecule has 0 saturated carbocycles. The van der Waals surface area contributed by atoms with Crippen LogP contribution in [0.4, 0.5) is 0 Å². The van der Waals surface area contributed by atoms with Gasteiger partial charge < -0.3 is 10.2 Å². The van der Waals surface area contributed by atoms with Crippen LogP contribution in [0.5, 0.6) is 0 Å². The minimum absolute atomic E-state index is 0.00497. The maximum absolute atomic E-state index is 9.28. The van der Waals surface area contributed by atoms with E-state index in [1.165, 1.54) is 5.56 Å². The van der Waals surface area contributed by atoms with Crippen LogP contribution in [0.15, 0.2) is 30.3 Å². The van der Waals surface area contributed by atoms with Gasteiger partial charge in [-0.05, 0) is 12.5 Å². The van der Waals surface area contributed by atoms with Crippen molar-refractivity contribution >= 4 is 0 Å². The second-order valence-corrected chi connectivity index (χ2v) is 4.83. The standard InChI is InChI=1S/C13H19NO2/c1-13(9-15,10-16)14-7-12(8-14)11-5-3-2-4-6-11/h2-6,12,15-16H,7-10H2,1H3. The Balaban J connectivity index is 1.95. The molecule has 0 amide bonds. The van der Waals surface area contributed by atoms with Crippen molar-refractivity contribution in [2.45, 2.75) is 18.4 Å².